The van der Waals surface area contributed by atoms with E-state index < -0.39 is 24.0 Å². The second-order valence-electron chi connectivity index (χ2n) is 6.50. The van der Waals surface area contributed by atoms with E-state index in [-0.39, 0.29) is 6.61 Å². The van der Waals surface area contributed by atoms with Gasteiger partial charge in [-0.05, 0) is 36.2 Å². The normalized spacial score (nSPS) is 10.9. The van der Waals surface area contributed by atoms with Gasteiger partial charge in [-0.15, -0.1) is 0 Å². The summed E-state index contributed by atoms with van der Waals surface area (Å²) in [5, 5.41) is 28.0. The first-order chi connectivity index (χ1) is 15.2. The number of aryl methyl sites for hydroxylation is 1. The number of carboxylic acids is 2. The number of nitrogens with one attached hydrogen (secondary N) is 1. The van der Waals surface area contributed by atoms with Crippen LogP contribution in [0.1, 0.15) is 21.5 Å². The van der Waals surface area contributed by atoms with Crippen LogP contribution in [0.3, 0.4) is 0 Å². The maximum atomic E-state index is 11.8. The lowest BCUT2D eigenvalue weighted by Gasteiger charge is -2.15. The SMILES string of the molecule is COC(=O)c1cc(CNCC(O)COc2ccccc2C)ccc1OC.O=C(O)C(=O)O. The number of carbonyl (C=O) groups is 3. The third-order valence-electron chi connectivity index (χ3n) is 4.09. The van der Waals surface area contributed by atoms with Gasteiger partial charge in [0.1, 0.15) is 29.8 Å². The van der Waals surface area contributed by atoms with Gasteiger partial charge in [0.05, 0.1) is 14.2 Å². The average Bonchev–Trinajstić information content (AvgIpc) is 2.78. The van der Waals surface area contributed by atoms with E-state index in [1.807, 2.05) is 37.3 Å². The molecule has 0 bridgehead atoms. The van der Waals surface area contributed by atoms with Crippen LogP contribution in [0.25, 0.3) is 0 Å². The van der Waals surface area contributed by atoms with Gasteiger partial charge >= 0.3 is 17.9 Å². The maximum Gasteiger partial charge on any atom is 0.414 e. The Morgan fingerprint density at radius 1 is 1.00 bits per heavy atom. The van der Waals surface area contributed by atoms with Crippen LogP contribution >= 0.6 is 0 Å². The number of carbonyl (C=O) groups excluding carboxylic acids is 1. The van der Waals surface area contributed by atoms with Gasteiger partial charge in [0, 0.05) is 13.1 Å². The van der Waals surface area contributed by atoms with Crippen LogP contribution in [0, 0.1) is 6.92 Å². The number of aliphatic carboxylic acids is 2. The van der Waals surface area contributed by atoms with Crippen molar-refractivity contribution in [3.63, 3.8) is 0 Å². The van der Waals surface area contributed by atoms with E-state index in [2.05, 4.69) is 5.32 Å². The number of benzene rings is 2. The Labute approximate surface area is 185 Å². The summed E-state index contributed by atoms with van der Waals surface area (Å²) in [5.74, 6) is -2.86. The van der Waals surface area contributed by atoms with E-state index in [1.54, 1.807) is 12.1 Å². The number of methoxy groups -OCH3 is 2. The van der Waals surface area contributed by atoms with E-state index in [1.165, 1.54) is 14.2 Å². The Morgan fingerprint density at radius 3 is 2.22 bits per heavy atom. The predicted molar refractivity (Wildman–Crippen MR) is 114 cm³/mol. The average molecular weight is 449 g/mol. The molecule has 1 atom stereocenters. The molecule has 10 nitrogen and oxygen atoms in total. The highest BCUT2D eigenvalue weighted by Gasteiger charge is 2.13. The second-order valence-corrected chi connectivity index (χ2v) is 6.50. The van der Waals surface area contributed by atoms with Gasteiger partial charge in [-0.25, -0.2) is 14.4 Å². The molecule has 2 rings (SSSR count). The molecule has 0 aromatic heterocycles. The van der Waals surface area contributed by atoms with Crippen LogP contribution in [0.5, 0.6) is 11.5 Å². The van der Waals surface area contributed by atoms with Gasteiger partial charge in [0.15, 0.2) is 0 Å². The van der Waals surface area contributed by atoms with Crippen molar-refractivity contribution >= 4 is 17.9 Å². The van der Waals surface area contributed by atoms with E-state index in [9.17, 15) is 9.90 Å². The molecule has 0 aliphatic carbocycles. The summed E-state index contributed by atoms with van der Waals surface area (Å²) in [6.45, 7) is 3.03. The summed E-state index contributed by atoms with van der Waals surface area (Å²) in [6.07, 6.45) is -0.645. The fraction of sp³-hybridized carbons (Fsp3) is 0.318. The number of aliphatic hydroxyl groups is 1. The molecule has 4 N–H and O–H groups in total. The summed E-state index contributed by atoms with van der Waals surface area (Å²) >= 11 is 0. The molecule has 0 radical (unpaired) electrons. The van der Waals surface area contributed by atoms with Crippen molar-refractivity contribution in [1.82, 2.24) is 5.32 Å². The third-order valence-corrected chi connectivity index (χ3v) is 4.09. The Morgan fingerprint density at radius 2 is 1.66 bits per heavy atom. The number of rotatable bonds is 9. The van der Waals surface area contributed by atoms with Gasteiger partial charge < -0.3 is 34.8 Å². The number of esters is 1. The zero-order chi connectivity index (χ0) is 24.1. The number of carboxylic acid groups (broad SMARTS) is 2. The lowest BCUT2D eigenvalue weighted by Crippen LogP contribution is -2.31. The molecule has 0 amide bonds. The van der Waals surface area contributed by atoms with Crippen molar-refractivity contribution in [3.05, 3.63) is 59.2 Å². The van der Waals surface area contributed by atoms with E-state index in [0.29, 0.717) is 24.4 Å². The van der Waals surface area contributed by atoms with Crippen LogP contribution in [0.15, 0.2) is 42.5 Å². The molecule has 0 saturated carbocycles. The minimum absolute atomic E-state index is 0.202. The minimum atomic E-state index is -1.82. The van der Waals surface area contributed by atoms with E-state index in [4.69, 9.17) is 34.0 Å². The smallest absolute Gasteiger partial charge is 0.414 e. The van der Waals surface area contributed by atoms with Crippen molar-refractivity contribution < 1.29 is 43.9 Å². The number of hydrogen-bond donors (Lipinski definition) is 4. The lowest BCUT2D eigenvalue weighted by atomic mass is 10.1. The third kappa shape index (κ3) is 9.02. The molecule has 0 aliphatic rings. The van der Waals surface area contributed by atoms with Crippen LogP contribution in [0.2, 0.25) is 0 Å². The molecular formula is C22H27NO9. The highest BCUT2D eigenvalue weighted by Crippen LogP contribution is 2.21. The Balaban J connectivity index is 0.000000751. The standard InChI is InChI=1S/C20H25NO5.C2H2O4/c1-14-6-4-5-7-18(14)26-13-16(22)12-21-11-15-8-9-19(24-2)17(10-15)20(23)25-3;3-1(4)2(5)6/h4-10,16,21-22H,11-13H2,1-3H3;(H,3,4)(H,5,6). The minimum Gasteiger partial charge on any atom is -0.496 e. The Kier molecular flexibility index (Phi) is 11.2. The van der Waals surface area contributed by atoms with Crippen LogP contribution in [0.4, 0.5) is 0 Å². The van der Waals surface area contributed by atoms with Crippen LogP contribution in [-0.4, -0.2) is 66.7 Å². The molecule has 10 heteroatoms. The number of para-hydroxylation sites is 1. The lowest BCUT2D eigenvalue weighted by molar-refractivity contribution is -0.159. The summed E-state index contributed by atoms with van der Waals surface area (Å²) in [4.78, 5) is 30.0. The fourth-order valence-electron chi connectivity index (χ4n) is 2.48. The number of ether oxygens (including phenoxy) is 3. The number of hydrogen-bond acceptors (Lipinski definition) is 8. The molecular weight excluding hydrogens is 422 g/mol. The van der Waals surface area contributed by atoms with Gasteiger partial charge in [-0.2, -0.15) is 0 Å². The van der Waals surface area contributed by atoms with Gasteiger partial charge in [-0.3, -0.25) is 0 Å². The van der Waals surface area contributed by atoms with Gasteiger partial charge in [-0.1, -0.05) is 24.3 Å². The van der Waals surface area contributed by atoms with E-state index >= 15 is 0 Å². The molecule has 174 valence electrons. The molecule has 32 heavy (non-hydrogen) atoms. The topological polar surface area (TPSA) is 152 Å². The monoisotopic (exact) mass is 449 g/mol. The van der Waals surface area contributed by atoms with Gasteiger partial charge in [0.25, 0.3) is 0 Å². The molecule has 2 aromatic rings. The highest BCUT2D eigenvalue weighted by atomic mass is 16.5. The summed E-state index contributed by atoms with van der Waals surface area (Å²) in [6, 6.07) is 13.0. The van der Waals surface area contributed by atoms with Crippen molar-refractivity contribution in [2.45, 2.75) is 19.6 Å². The molecule has 0 spiro atoms. The number of aliphatic hydroxyl groups excluding tert-OH is 1. The van der Waals surface area contributed by atoms with Crippen molar-refractivity contribution in [3.8, 4) is 11.5 Å². The van der Waals surface area contributed by atoms with Crippen molar-refractivity contribution in [2.24, 2.45) is 0 Å². The van der Waals surface area contributed by atoms with Crippen molar-refractivity contribution in [1.29, 1.82) is 0 Å². The van der Waals surface area contributed by atoms with E-state index in [0.717, 1.165) is 16.9 Å². The largest absolute Gasteiger partial charge is 0.496 e. The Bertz CT molecular complexity index is 902. The predicted octanol–water partition coefficient (Wildman–Crippen LogP) is 1.48. The first-order valence-electron chi connectivity index (χ1n) is 9.48. The fourth-order valence-corrected chi connectivity index (χ4v) is 2.48. The molecule has 1 unspecified atom stereocenters. The first kappa shape index (κ1) is 26.4. The molecule has 2 aromatic carbocycles. The molecule has 0 fully saturated rings. The summed E-state index contributed by atoms with van der Waals surface area (Å²) in [5.41, 5.74) is 2.29. The highest BCUT2D eigenvalue weighted by molar-refractivity contribution is 6.27. The van der Waals surface area contributed by atoms with Crippen LogP contribution in [-0.2, 0) is 20.9 Å². The first-order valence-corrected chi connectivity index (χ1v) is 9.48. The summed E-state index contributed by atoms with van der Waals surface area (Å²) in [7, 11) is 2.84. The molecule has 0 heterocycles. The maximum absolute atomic E-state index is 11.8. The zero-order valence-electron chi connectivity index (χ0n) is 18.0. The Hall–Kier alpha value is -3.63. The second kappa shape index (κ2) is 13.6. The van der Waals surface area contributed by atoms with Crippen LogP contribution < -0.4 is 14.8 Å². The molecule has 0 aliphatic heterocycles. The quantitative estimate of drug-likeness (QED) is 0.327. The van der Waals surface area contributed by atoms with Gasteiger partial charge in [0.2, 0.25) is 0 Å². The van der Waals surface area contributed by atoms with Crippen molar-refractivity contribution in [2.75, 3.05) is 27.4 Å². The summed E-state index contributed by atoms with van der Waals surface area (Å²) < 4.78 is 15.6. The zero-order valence-corrected chi connectivity index (χ0v) is 18.0. The molecule has 0 saturated heterocycles.